The largest absolute Gasteiger partial charge is 0.356 e. The number of piperidine rings is 1. The summed E-state index contributed by atoms with van der Waals surface area (Å²) in [5, 5.41) is 2.92. The third kappa shape index (κ3) is 3.83. The Kier molecular flexibility index (Phi) is 5.29. The lowest BCUT2D eigenvalue weighted by Crippen LogP contribution is -2.41. The van der Waals surface area contributed by atoms with Crippen molar-refractivity contribution >= 4 is 11.8 Å². The summed E-state index contributed by atoms with van der Waals surface area (Å²) >= 11 is 0. The normalized spacial score (nSPS) is 17.2. The van der Waals surface area contributed by atoms with Crippen LogP contribution in [0.1, 0.15) is 39.5 Å². The lowest BCUT2D eigenvalue weighted by molar-refractivity contribution is -0.132. The molecule has 0 atom stereocenters. The van der Waals surface area contributed by atoms with Gasteiger partial charge in [-0.15, -0.1) is 0 Å². The van der Waals surface area contributed by atoms with Gasteiger partial charge in [-0.3, -0.25) is 9.59 Å². The second-order valence-electron chi connectivity index (χ2n) is 4.34. The van der Waals surface area contributed by atoms with Gasteiger partial charge in [0.05, 0.1) is 0 Å². The fourth-order valence-electron chi connectivity index (χ4n) is 1.99. The first-order chi connectivity index (χ1) is 7.67. The van der Waals surface area contributed by atoms with Crippen molar-refractivity contribution in [2.24, 2.45) is 5.92 Å². The van der Waals surface area contributed by atoms with Gasteiger partial charge in [0.25, 0.3) is 0 Å². The molecule has 4 heteroatoms. The van der Waals surface area contributed by atoms with E-state index in [4.69, 9.17) is 0 Å². The highest BCUT2D eigenvalue weighted by atomic mass is 16.2. The van der Waals surface area contributed by atoms with Crippen LogP contribution in [-0.2, 0) is 9.59 Å². The van der Waals surface area contributed by atoms with Gasteiger partial charge in [-0.2, -0.15) is 0 Å². The third-order valence-electron chi connectivity index (χ3n) is 3.18. The molecular weight excluding hydrogens is 204 g/mol. The van der Waals surface area contributed by atoms with E-state index < -0.39 is 0 Å². The maximum absolute atomic E-state index is 11.4. The number of likely N-dealkylation sites (tertiary alicyclic amines) is 1. The Labute approximate surface area is 97.4 Å². The molecule has 4 nitrogen and oxygen atoms in total. The van der Waals surface area contributed by atoms with Gasteiger partial charge in [0.2, 0.25) is 11.8 Å². The average Bonchev–Trinajstić information content (AvgIpc) is 2.35. The molecule has 0 bridgehead atoms. The second-order valence-corrected chi connectivity index (χ2v) is 4.34. The predicted octanol–water partition coefficient (Wildman–Crippen LogP) is 1.16. The van der Waals surface area contributed by atoms with Crippen LogP contribution in [0.3, 0.4) is 0 Å². The van der Waals surface area contributed by atoms with E-state index in [2.05, 4.69) is 5.32 Å². The highest BCUT2D eigenvalue weighted by Gasteiger charge is 2.21. The van der Waals surface area contributed by atoms with E-state index in [0.717, 1.165) is 32.5 Å². The number of hydrogen-bond acceptors (Lipinski definition) is 2. The summed E-state index contributed by atoms with van der Waals surface area (Å²) in [5.74, 6) is 0.902. The van der Waals surface area contributed by atoms with E-state index in [1.807, 2.05) is 18.7 Å². The first kappa shape index (κ1) is 13.0. The number of carbonyl (C=O) groups is 2. The highest BCUT2D eigenvalue weighted by molar-refractivity contribution is 5.76. The second kappa shape index (κ2) is 6.51. The van der Waals surface area contributed by atoms with Crippen molar-refractivity contribution in [3.63, 3.8) is 0 Å². The van der Waals surface area contributed by atoms with Gasteiger partial charge >= 0.3 is 0 Å². The molecule has 0 aliphatic carbocycles. The summed E-state index contributed by atoms with van der Waals surface area (Å²) < 4.78 is 0. The Morgan fingerprint density at radius 1 is 1.19 bits per heavy atom. The van der Waals surface area contributed by atoms with Crippen LogP contribution in [0.2, 0.25) is 0 Å². The molecule has 1 N–H and O–H groups in total. The SMILES string of the molecule is CCC(=O)NCC1CCN(C(=O)CC)CC1. The molecule has 1 heterocycles. The van der Waals surface area contributed by atoms with Gasteiger partial charge in [0, 0.05) is 32.5 Å². The zero-order valence-corrected chi connectivity index (χ0v) is 10.3. The molecule has 1 aliphatic rings. The van der Waals surface area contributed by atoms with E-state index in [1.54, 1.807) is 0 Å². The molecule has 1 fully saturated rings. The van der Waals surface area contributed by atoms with Crippen molar-refractivity contribution in [3.8, 4) is 0 Å². The molecule has 1 saturated heterocycles. The quantitative estimate of drug-likeness (QED) is 0.782. The molecule has 92 valence electrons. The number of amides is 2. The number of hydrogen-bond donors (Lipinski definition) is 1. The molecule has 1 rings (SSSR count). The van der Waals surface area contributed by atoms with E-state index >= 15 is 0 Å². The fourth-order valence-corrected chi connectivity index (χ4v) is 1.99. The maximum Gasteiger partial charge on any atom is 0.222 e. The van der Waals surface area contributed by atoms with Gasteiger partial charge in [0.15, 0.2) is 0 Å². The van der Waals surface area contributed by atoms with Gasteiger partial charge in [-0.25, -0.2) is 0 Å². The van der Waals surface area contributed by atoms with Gasteiger partial charge in [-0.05, 0) is 18.8 Å². The molecule has 0 aromatic carbocycles. The zero-order valence-electron chi connectivity index (χ0n) is 10.3. The first-order valence-corrected chi connectivity index (χ1v) is 6.21. The summed E-state index contributed by atoms with van der Waals surface area (Å²) in [5.41, 5.74) is 0. The van der Waals surface area contributed by atoms with E-state index in [1.165, 1.54) is 0 Å². The summed E-state index contributed by atoms with van der Waals surface area (Å²) in [6, 6.07) is 0. The van der Waals surface area contributed by atoms with Crippen LogP contribution in [0.5, 0.6) is 0 Å². The predicted molar refractivity (Wildman–Crippen MR) is 62.9 cm³/mol. The standard InChI is InChI=1S/C12H22N2O2/c1-3-11(15)13-9-10-5-7-14(8-6-10)12(16)4-2/h10H,3-9H2,1-2H3,(H,13,15). The van der Waals surface area contributed by atoms with E-state index in [9.17, 15) is 9.59 Å². The van der Waals surface area contributed by atoms with Crippen molar-refractivity contribution in [2.75, 3.05) is 19.6 Å². The summed E-state index contributed by atoms with van der Waals surface area (Å²) in [6.07, 6.45) is 3.16. The summed E-state index contributed by atoms with van der Waals surface area (Å²) in [6.45, 7) is 6.22. The molecule has 2 amide bonds. The van der Waals surface area contributed by atoms with Crippen molar-refractivity contribution in [2.45, 2.75) is 39.5 Å². The fraction of sp³-hybridized carbons (Fsp3) is 0.833. The van der Waals surface area contributed by atoms with E-state index in [0.29, 0.717) is 18.8 Å². The minimum absolute atomic E-state index is 0.118. The number of carbonyl (C=O) groups excluding carboxylic acids is 2. The van der Waals surface area contributed by atoms with Crippen molar-refractivity contribution in [1.82, 2.24) is 10.2 Å². The van der Waals surface area contributed by atoms with Gasteiger partial charge in [0.1, 0.15) is 0 Å². The minimum atomic E-state index is 0.118. The van der Waals surface area contributed by atoms with Crippen LogP contribution in [0.4, 0.5) is 0 Å². The smallest absolute Gasteiger partial charge is 0.222 e. The van der Waals surface area contributed by atoms with Gasteiger partial charge < -0.3 is 10.2 Å². The first-order valence-electron chi connectivity index (χ1n) is 6.21. The summed E-state index contributed by atoms with van der Waals surface area (Å²) in [4.78, 5) is 24.5. The lowest BCUT2D eigenvalue weighted by atomic mass is 9.96. The van der Waals surface area contributed by atoms with Crippen LogP contribution >= 0.6 is 0 Å². The third-order valence-corrected chi connectivity index (χ3v) is 3.18. The topological polar surface area (TPSA) is 49.4 Å². The lowest BCUT2D eigenvalue weighted by Gasteiger charge is -2.31. The molecular formula is C12H22N2O2. The van der Waals surface area contributed by atoms with Crippen molar-refractivity contribution in [1.29, 1.82) is 0 Å². The average molecular weight is 226 g/mol. The zero-order chi connectivity index (χ0) is 12.0. The van der Waals surface area contributed by atoms with Crippen LogP contribution in [0.25, 0.3) is 0 Å². The Morgan fingerprint density at radius 2 is 1.81 bits per heavy atom. The Hall–Kier alpha value is -1.06. The summed E-state index contributed by atoms with van der Waals surface area (Å²) in [7, 11) is 0. The maximum atomic E-state index is 11.4. The molecule has 0 saturated carbocycles. The molecule has 0 unspecified atom stereocenters. The number of nitrogens with one attached hydrogen (secondary N) is 1. The highest BCUT2D eigenvalue weighted by Crippen LogP contribution is 2.16. The molecule has 0 spiro atoms. The Morgan fingerprint density at radius 3 is 2.31 bits per heavy atom. The van der Waals surface area contributed by atoms with Crippen LogP contribution < -0.4 is 5.32 Å². The van der Waals surface area contributed by atoms with Crippen molar-refractivity contribution in [3.05, 3.63) is 0 Å². The molecule has 0 aromatic rings. The van der Waals surface area contributed by atoms with Gasteiger partial charge in [-0.1, -0.05) is 13.8 Å². The monoisotopic (exact) mass is 226 g/mol. The Balaban J connectivity index is 2.22. The van der Waals surface area contributed by atoms with Crippen LogP contribution in [-0.4, -0.2) is 36.3 Å². The molecule has 1 aliphatic heterocycles. The number of rotatable bonds is 4. The molecule has 0 aromatic heterocycles. The van der Waals surface area contributed by atoms with Crippen LogP contribution in [0.15, 0.2) is 0 Å². The van der Waals surface area contributed by atoms with Crippen LogP contribution in [0, 0.1) is 5.92 Å². The molecule has 0 radical (unpaired) electrons. The minimum Gasteiger partial charge on any atom is -0.356 e. The van der Waals surface area contributed by atoms with Crippen molar-refractivity contribution < 1.29 is 9.59 Å². The number of nitrogens with zero attached hydrogens (tertiary/aromatic N) is 1. The van der Waals surface area contributed by atoms with E-state index in [-0.39, 0.29) is 11.8 Å². The molecule has 16 heavy (non-hydrogen) atoms. The Bertz CT molecular complexity index is 245.